The summed E-state index contributed by atoms with van der Waals surface area (Å²) in [6.07, 6.45) is 5.61. The number of nitrogens with one attached hydrogen (secondary N) is 3. The highest BCUT2D eigenvalue weighted by atomic mass is 16.5. The van der Waals surface area contributed by atoms with Crippen LogP contribution in [0.2, 0.25) is 0 Å². The molecule has 1 heterocycles. The molecule has 4 aliphatic rings. The fraction of sp³-hybridized carbons (Fsp3) is 0.610. The van der Waals surface area contributed by atoms with Gasteiger partial charge in [-0.3, -0.25) is 24.0 Å². The summed E-state index contributed by atoms with van der Waals surface area (Å²) in [6, 6.07) is 5.07. The van der Waals surface area contributed by atoms with Gasteiger partial charge >= 0.3 is 11.9 Å². The van der Waals surface area contributed by atoms with Crippen LogP contribution >= 0.6 is 0 Å². The smallest absolute Gasteiger partial charge is 0.326 e. The number of carboxylic acid groups (broad SMARTS) is 1. The van der Waals surface area contributed by atoms with Crippen LogP contribution in [-0.2, 0) is 39.9 Å². The summed E-state index contributed by atoms with van der Waals surface area (Å²) in [5.74, 6) is -4.32. The van der Waals surface area contributed by atoms with Crippen molar-refractivity contribution in [1.29, 1.82) is 0 Å². The minimum Gasteiger partial charge on any atom is -0.480 e. The second-order valence-corrected chi connectivity index (χ2v) is 16.8. The number of H-pyrrole nitrogens is 1. The number of esters is 1. The van der Waals surface area contributed by atoms with Gasteiger partial charge in [-0.25, -0.2) is 4.79 Å². The number of amides is 2. The molecular formula is C41H53N3O10. The molecule has 4 aliphatic carbocycles. The average Bonchev–Trinajstić information content (AvgIpc) is 3.65. The van der Waals surface area contributed by atoms with Crippen LogP contribution < -0.4 is 10.6 Å². The number of aliphatic carboxylic acids is 1. The number of aromatic nitrogens is 1. The van der Waals surface area contributed by atoms with Gasteiger partial charge in [-0.2, -0.15) is 0 Å². The van der Waals surface area contributed by atoms with Crippen LogP contribution in [0.1, 0.15) is 91.0 Å². The molecule has 292 valence electrons. The predicted octanol–water partition coefficient (Wildman–Crippen LogP) is 3.55. The van der Waals surface area contributed by atoms with Gasteiger partial charge in [0.1, 0.15) is 17.7 Å². The van der Waals surface area contributed by atoms with Crippen LogP contribution in [-0.4, -0.2) is 86.0 Å². The summed E-state index contributed by atoms with van der Waals surface area (Å²) in [7, 11) is 0. The van der Waals surface area contributed by atoms with Gasteiger partial charge in [-0.1, -0.05) is 51.5 Å². The molecule has 0 unspecified atom stereocenters. The maximum atomic E-state index is 13.6. The number of benzene rings is 1. The summed E-state index contributed by atoms with van der Waals surface area (Å²) in [4.78, 5) is 79.9. The van der Waals surface area contributed by atoms with Gasteiger partial charge in [0.05, 0.1) is 12.5 Å². The molecule has 0 aliphatic heterocycles. The van der Waals surface area contributed by atoms with Crippen molar-refractivity contribution in [2.24, 2.45) is 34.5 Å². The number of aromatic amines is 1. The predicted molar refractivity (Wildman–Crippen MR) is 197 cm³/mol. The Kier molecular flexibility index (Phi) is 11.0. The van der Waals surface area contributed by atoms with Gasteiger partial charge < -0.3 is 35.7 Å². The molecule has 3 fully saturated rings. The van der Waals surface area contributed by atoms with Crippen molar-refractivity contribution in [2.45, 2.75) is 116 Å². The van der Waals surface area contributed by atoms with Crippen molar-refractivity contribution in [3.05, 3.63) is 47.7 Å². The maximum absolute atomic E-state index is 13.6. The summed E-state index contributed by atoms with van der Waals surface area (Å²) >= 11 is 0. The van der Waals surface area contributed by atoms with E-state index >= 15 is 0 Å². The van der Waals surface area contributed by atoms with Crippen LogP contribution in [0.5, 0.6) is 0 Å². The molecule has 0 spiro atoms. The maximum Gasteiger partial charge on any atom is 0.326 e. The number of ether oxygens (including phenoxy) is 1. The molecule has 13 nitrogen and oxygen atoms in total. The Labute approximate surface area is 314 Å². The Morgan fingerprint density at radius 1 is 1.02 bits per heavy atom. The number of aliphatic hydroxyl groups is 2. The van der Waals surface area contributed by atoms with E-state index in [2.05, 4.69) is 22.5 Å². The zero-order valence-electron chi connectivity index (χ0n) is 31.5. The van der Waals surface area contributed by atoms with Crippen molar-refractivity contribution >= 4 is 46.2 Å². The number of carbonyl (C=O) groups is 6. The van der Waals surface area contributed by atoms with E-state index in [-0.39, 0.29) is 61.1 Å². The number of carbonyl (C=O) groups excluding carboxylic acids is 5. The quantitative estimate of drug-likeness (QED) is 0.164. The third-order valence-electron chi connectivity index (χ3n) is 13.4. The molecule has 6 rings (SSSR count). The molecule has 54 heavy (non-hydrogen) atoms. The molecule has 0 bridgehead atoms. The summed E-state index contributed by atoms with van der Waals surface area (Å²) in [6.45, 7) is 6.71. The van der Waals surface area contributed by atoms with Gasteiger partial charge in [0.25, 0.3) is 0 Å². The topological polar surface area (TPSA) is 212 Å². The third-order valence-corrected chi connectivity index (χ3v) is 13.4. The fourth-order valence-electron chi connectivity index (χ4n) is 10.5. The lowest BCUT2D eigenvalue weighted by atomic mass is 9.45. The van der Waals surface area contributed by atoms with E-state index in [1.54, 1.807) is 26.1 Å². The highest BCUT2D eigenvalue weighted by molar-refractivity contribution is 5.93. The number of para-hydroxylation sites is 1. The lowest BCUT2D eigenvalue weighted by Gasteiger charge is -2.60. The molecule has 1 aromatic heterocycles. The first-order valence-corrected chi connectivity index (χ1v) is 19.2. The number of hydrogen-bond acceptors (Lipinski definition) is 9. The second kappa shape index (κ2) is 15.1. The number of rotatable bonds is 13. The first-order chi connectivity index (χ1) is 25.5. The zero-order chi connectivity index (χ0) is 39.2. The summed E-state index contributed by atoms with van der Waals surface area (Å²) in [5.41, 5.74) is -0.389. The van der Waals surface area contributed by atoms with Gasteiger partial charge in [-0.15, -0.1) is 0 Å². The van der Waals surface area contributed by atoms with Gasteiger partial charge in [0.15, 0.2) is 12.4 Å². The lowest BCUT2D eigenvalue weighted by Crippen LogP contribution is -2.62. The first kappa shape index (κ1) is 39.3. The number of Topliss-reactive ketones (excluding diaryl/α,β-unsaturated/α-hetero) is 1. The van der Waals surface area contributed by atoms with Crippen molar-refractivity contribution < 1.29 is 48.8 Å². The molecule has 2 amide bonds. The minimum atomic E-state index is -1.80. The van der Waals surface area contributed by atoms with Crippen molar-refractivity contribution in [1.82, 2.24) is 15.6 Å². The molecule has 0 saturated heterocycles. The normalized spacial score (nSPS) is 31.4. The monoisotopic (exact) mass is 747 g/mol. The zero-order valence-corrected chi connectivity index (χ0v) is 31.5. The first-order valence-electron chi connectivity index (χ1n) is 19.2. The lowest BCUT2D eigenvalue weighted by molar-refractivity contribution is -0.184. The number of fused-ring (bicyclic) bond motifs is 6. The van der Waals surface area contributed by atoms with Crippen LogP contribution in [0.3, 0.4) is 0 Å². The van der Waals surface area contributed by atoms with Gasteiger partial charge in [0, 0.05) is 41.8 Å². The van der Waals surface area contributed by atoms with Gasteiger partial charge in [-0.05, 0) is 85.3 Å². The molecule has 3 saturated carbocycles. The Balaban J connectivity index is 1.01. The average molecular weight is 748 g/mol. The van der Waals surface area contributed by atoms with E-state index in [9.17, 15) is 44.1 Å². The van der Waals surface area contributed by atoms with E-state index in [4.69, 9.17) is 4.74 Å². The van der Waals surface area contributed by atoms with Crippen LogP contribution in [0.25, 0.3) is 10.9 Å². The Morgan fingerprint density at radius 2 is 1.76 bits per heavy atom. The van der Waals surface area contributed by atoms with E-state index in [0.717, 1.165) is 29.3 Å². The van der Waals surface area contributed by atoms with Crippen molar-refractivity contribution in [3.8, 4) is 0 Å². The van der Waals surface area contributed by atoms with Crippen molar-refractivity contribution in [3.63, 3.8) is 0 Å². The third kappa shape index (κ3) is 7.12. The van der Waals surface area contributed by atoms with E-state index < -0.39 is 71.3 Å². The highest BCUT2D eigenvalue weighted by Gasteiger charge is 2.68. The summed E-state index contributed by atoms with van der Waals surface area (Å²) < 4.78 is 5.27. The van der Waals surface area contributed by atoms with Crippen molar-refractivity contribution in [2.75, 3.05) is 6.61 Å². The molecule has 9 atom stereocenters. The van der Waals surface area contributed by atoms with Crippen LogP contribution in [0.4, 0.5) is 0 Å². The largest absolute Gasteiger partial charge is 0.480 e. The SMILES string of the molecule is CC(C)[C@H](NC(=O)CCC(=O)OCC(=O)[C@@]1(O)CC[C@H]2[C@@H]3CCC4=CC(=O)CC[C@]4(C)[C@H]3[C@H](O)C[C@@]21C)C(=O)N[C@@H](Cc1c[nH]c2ccccc12)C(=O)O. The number of aliphatic hydroxyl groups excluding tert-OH is 1. The van der Waals surface area contributed by atoms with Crippen LogP contribution in [0.15, 0.2) is 42.1 Å². The minimum absolute atomic E-state index is 0.0199. The number of allylic oxidation sites excluding steroid dienone is 1. The fourth-order valence-corrected chi connectivity index (χ4v) is 10.5. The Bertz CT molecular complexity index is 1870. The second-order valence-electron chi connectivity index (χ2n) is 16.8. The number of carboxylic acids is 1. The molecule has 13 heteroatoms. The van der Waals surface area contributed by atoms with E-state index in [0.29, 0.717) is 24.8 Å². The van der Waals surface area contributed by atoms with Crippen LogP contribution in [0, 0.1) is 34.5 Å². The molecule has 2 aromatic rings. The summed E-state index contributed by atoms with van der Waals surface area (Å²) in [5, 5.41) is 39.4. The number of hydrogen-bond donors (Lipinski definition) is 6. The van der Waals surface area contributed by atoms with E-state index in [1.165, 1.54) is 0 Å². The number of ketones is 2. The molecular weight excluding hydrogens is 694 g/mol. The molecule has 6 N–H and O–H groups in total. The standard InChI is InChI=1S/C41H53N3O10/c1-22(2)36(37(50)43-30(38(51)52)17-23-20-42-29-8-6-5-7-26(23)29)44-33(48)11-12-34(49)54-21-32(47)41(53)16-14-28-27-10-9-24-18-25(45)13-15-39(24,3)35(27)31(46)19-40(28,41)4/h5-8,18,20,22,27-28,30-31,35-36,42,46,53H,9-17,19,21H2,1-4H3,(H,43,50)(H,44,48)(H,51,52)/t27-,28-,30-,31+,35+,36-,39-,40-,41-/m0/s1. The van der Waals surface area contributed by atoms with E-state index in [1.807, 2.05) is 31.2 Å². The molecule has 1 aromatic carbocycles. The molecule has 0 radical (unpaired) electrons. The Hall–Kier alpha value is -4.36. The highest BCUT2D eigenvalue weighted by Crippen LogP contribution is 2.67. The Morgan fingerprint density at radius 3 is 2.48 bits per heavy atom. The van der Waals surface area contributed by atoms with Gasteiger partial charge in [0.2, 0.25) is 17.6 Å².